The van der Waals surface area contributed by atoms with Crippen molar-refractivity contribution in [1.82, 2.24) is 20.6 Å². The molecule has 0 saturated heterocycles. The summed E-state index contributed by atoms with van der Waals surface area (Å²) in [5.74, 6) is 0.735. The first-order chi connectivity index (χ1) is 12.5. The van der Waals surface area contributed by atoms with E-state index in [0.717, 1.165) is 0 Å². The highest BCUT2D eigenvalue weighted by Gasteiger charge is 2.05. The zero-order chi connectivity index (χ0) is 18.9. The molecule has 1 amide bonds. The molecule has 0 bridgehead atoms. The number of hydrogen-bond donors (Lipinski definition) is 4. The maximum Gasteiger partial charge on any atom is 0.342 e. The van der Waals surface area contributed by atoms with Crippen LogP contribution < -0.4 is 31.5 Å². The van der Waals surface area contributed by atoms with Crippen molar-refractivity contribution < 1.29 is 14.3 Å². The molecule has 0 spiro atoms. The van der Waals surface area contributed by atoms with Gasteiger partial charge in [0.1, 0.15) is 11.5 Å². The van der Waals surface area contributed by atoms with Crippen LogP contribution in [0.3, 0.4) is 0 Å². The number of nitrogens with one attached hydrogen (secondary N) is 4. The van der Waals surface area contributed by atoms with E-state index in [9.17, 15) is 14.4 Å². The van der Waals surface area contributed by atoms with Crippen molar-refractivity contribution in [3.63, 3.8) is 0 Å². The van der Waals surface area contributed by atoms with Crippen molar-refractivity contribution in [2.45, 2.75) is 6.42 Å². The van der Waals surface area contributed by atoms with Gasteiger partial charge in [-0.2, -0.15) is 5.10 Å². The molecule has 0 aliphatic rings. The molecule has 26 heavy (non-hydrogen) atoms. The molecule has 0 aliphatic carbocycles. The Morgan fingerprint density at radius 2 is 2.12 bits per heavy atom. The molecular formula is C15H18N6O5. The molecule has 0 unspecified atom stereocenters. The van der Waals surface area contributed by atoms with E-state index in [2.05, 4.69) is 26.0 Å². The van der Waals surface area contributed by atoms with Crippen LogP contribution in [0.25, 0.3) is 0 Å². The number of carbonyl (C=O) groups is 1. The molecule has 1 heterocycles. The van der Waals surface area contributed by atoms with Crippen LogP contribution in [0.1, 0.15) is 12.0 Å². The fourth-order valence-electron chi connectivity index (χ4n) is 1.92. The lowest BCUT2D eigenvalue weighted by Gasteiger charge is -2.07. The second-order valence-corrected chi connectivity index (χ2v) is 4.93. The van der Waals surface area contributed by atoms with E-state index in [1.807, 2.05) is 4.98 Å². The summed E-state index contributed by atoms with van der Waals surface area (Å²) in [4.78, 5) is 36.0. The maximum absolute atomic E-state index is 11.7. The summed E-state index contributed by atoms with van der Waals surface area (Å²) in [6.07, 6.45) is 1.48. The molecule has 1 aromatic heterocycles. The summed E-state index contributed by atoms with van der Waals surface area (Å²) in [5, 5.41) is 12.1. The van der Waals surface area contributed by atoms with Gasteiger partial charge in [0, 0.05) is 24.6 Å². The van der Waals surface area contributed by atoms with Crippen molar-refractivity contribution in [2.24, 2.45) is 5.10 Å². The number of methoxy groups -OCH3 is 2. The van der Waals surface area contributed by atoms with Crippen molar-refractivity contribution in [3.8, 4) is 11.5 Å². The van der Waals surface area contributed by atoms with Crippen molar-refractivity contribution in [1.29, 1.82) is 0 Å². The highest BCUT2D eigenvalue weighted by molar-refractivity contribution is 5.85. The van der Waals surface area contributed by atoms with Gasteiger partial charge in [-0.3, -0.25) is 14.6 Å². The third-order valence-electron chi connectivity index (χ3n) is 3.19. The van der Waals surface area contributed by atoms with E-state index in [1.165, 1.54) is 13.3 Å². The molecule has 0 fully saturated rings. The number of carbonyl (C=O) groups excluding carboxylic acids is 1. The smallest absolute Gasteiger partial charge is 0.342 e. The molecule has 1 aromatic carbocycles. The zero-order valence-electron chi connectivity index (χ0n) is 14.2. The van der Waals surface area contributed by atoms with Crippen LogP contribution in [0.4, 0.5) is 5.82 Å². The van der Waals surface area contributed by atoms with Crippen molar-refractivity contribution in [3.05, 3.63) is 44.6 Å². The Hall–Kier alpha value is -3.63. The third kappa shape index (κ3) is 5.19. The number of H-pyrrole nitrogens is 2. The van der Waals surface area contributed by atoms with Gasteiger partial charge in [-0.15, -0.1) is 5.10 Å². The first-order valence-electron chi connectivity index (χ1n) is 7.50. The number of ether oxygens (including phenoxy) is 2. The van der Waals surface area contributed by atoms with Gasteiger partial charge >= 0.3 is 5.69 Å². The molecule has 0 aliphatic heterocycles. The lowest BCUT2D eigenvalue weighted by molar-refractivity contribution is -0.120. The molecule has 138 valence electrons. The van der Waals surface area contributed by atoms with Crippen LogP contribution in [0.2, 0.25) is 0 Å². The fourth-order valence-corrected chi connectivity index (χ4v) is 1.92. The standard InChI is InChI=1S/C15H18N6O5/c1-25-10-4-3-9(11(7-10)26-2)8-17-19-12(22)5-6-16-13-14(23)18-15(24)21-20-13/h3-4,7-8H,5-6H2,1-2H3,(H,16,20)(H,19,22)(H2,18,21,23,24)/b17-8+. The number of hydrogen-bond acceptors (Lipinski definition) is 8. The molecule has 11 heteroatoms. The Bertz CT molecular complexity index is 904. The number of nitrogens with zero attached hydrogens (tertiary/aromatic N) is 2. The van der Waals surface area contributed by atoms with Gasteiger partial charge in [0.15, 0.2) is 0 Å². The zero-order valence-corrected chi connectivity index (χ0v) is 14.2. The number of aromatic nitrogens is 3. The van der Waals surface area contributed by atoms with E-state index in [-0.39, 0.29) is 24.7 Å². The number of rotatable bonds is 8. The number of hydrazone groups is 1. The number of benzene rings is 1. The van der Waals surface area contributed by atoms with Crippen molar-refractivity contribution in [2.75, 3.05) is 26.1 Å². The second-order valence-electron chi connectivity index (χ2n) is 4.93. The molecule has 0 atom stereocenters. The fraction of sp³-hybridized carbons (Fsp3) is 0.267. The van der Waals surface area contributed by atoms with Crippen molar-refractivity contribution >= 4 is 17.9 Å². The summed E-state index contributed by atoms with van der Waals surface area (Å²) in [5.41, 5.74) is 1.65. The Balaban J connectivity index is 1.84. The number of amides is 1. The van der Waals surface area contributed by atoms with Crippen LogP contribution >= 0.6 is 0 Å². The predicted molar refractivity (Wildman–Crippen MR) is 93.9 cm³/mol. The summed E-state index contributed by atoms with van der Waals surface area (Å²) in [6, 6.07) is 5.18. The molecule has 2 aromatic rings. The molecule has 4 N–H and O–H groups in total. The molecule has 2 rings (SSSR count). The average Bonchev–Trinajstić information content (AvgIpc) is 2.63. The van der Waals surface area contributed by atoms with E-state index >= 15 is 0 Å². The Kier molecular flexibility index (Phi) is 6.48. The minimum Gasteiger partial charge on any atom is -0.497 e. The highest BCUT2D eigenvalue weighted by atomic mass is 16.5. The topological polar surface area (TPSA) is 151 Å². The largest absolute Gasteiger partial charge is 0.497 e. The number of aromatic amines is 2. The van der Waals surface area contributed by atoms with Gasteiger partial charge in [0.25, 0.3) is 5.56 Å². The first kappa shape index (κ1) is 18.7. The summed E-state index contributed by atoms with van der Waals surface area (Å²) in [6.45, 7) is 0.134. The Morgan fingerprint density at radius 3 is 2.81 bits per heavy atom. The van der Waals surface area contributed by atoms with E-state index < -0.39 is 11.2 Å². The normalized spacial score (nSPS) is 10.5. The maximum atomic E-state index is 11.7. The van der Waals surface area contributed by atoms with E-state index in [1.54, 1.807) is 25.3 Å². The van der Waals surface area contributed by atoms with E-state index in [4.69, 9.17) is 9.47 Å². The predicted octanol–water partition coefficient (Wildman–Crippen LogP) is -0.572. The molecule has 11 nitrogen and oxygen atoms in total. The lowest BCUT2D eigenvalue weighted by atomic mass is 10.2. The molecule has 0 saturated carbocycles. The van der Waals surface area contributed by atoms with Gasteiger partial charge < -0.3 is 14.8 Å². The third-order valence-corrected chi connectivity index (χ3v) is 3.19. The van der Waals surface area contributed by atoms with Crippen LogP contribution in [-0.4, -0.2) is 48.1 Å². The Labute approximate surface area is 147 Å². The Morgan fingerprint density at radius 1 is 1.31 bits per heavy atom. The first-order valence-corrected chi connectivity index (χ1v) is 7.50. The minimum atomic E-state index is -0.707. The summed E-state index contributed by atoms with van der Waals surface area (Å²) >= 11 is 0. The van der Waals surface area contributed by atoms with Gasteiger partial charge in [-0.25, -0.2) is 15.3 Å². The molecule has 0 radical (unpaired) electrons. The summed E-state index contributed by atoms with van der Waals surface area (Å²) in [7, 11) is 3.07. The van der Waals surface area contributed by atoms with Crippen LogP contribution in [0.15, 0.2) is 32.9 Å². The SMILES string of the molecule is COc1ccc(/C=N/NC(=O)CCNc2n[nH]c(=O)[nH]c2=O)c(OC)c1. The van der Waals surface area contributed by atoms with Crippen LogP contribution in [-0.2, 0) is 4.79 Å². The van der Waals surface area contributed by atoms with Gasteiger partial charge in [-0.1, -0.05) is 0 Å². The average molecular weight is 362 g/mol. The lowest BCUT2D eigenvalue weighted by Crippen LogP contribution is -2.28. The monoisotopic (exact) mass is 362 g/mol. The quantitative estimate of drug-likeness (QED) is 0.362. The van der Waals surface area contributed by atoms with Gasteiger partial charge in [-0.05, 0) is 12.1 Å². The second kappa shape index (κ2) is 9.01. The highest BCUT2D eigenvalue weighted by Crippen LogP contribution is 2.22. The van der Waals surface area contributed by atoms with Gasteiger partial charge in [0.05, 0.1) is 20.4 Å². The summed E-state index contributed by atoms with van der Waals surface area (Å²) < 4.78 is 10.3. The minimum absolute atomic E-state index is 0.0390. The van der Waals surface area contributed by atoms with Gasteiger partial charge in [0.2, 0.25) is 11.7 Å². The molecular weight excluding hydrogens is 344 g/mol. The van der Waals surface area contributed by atoms with E-state index in [0.29, 0.717) is 17.1 Å². The van der Waals surface area contributed by atoms with Crippen LogP contribution in [0.5, 0.6) is 11.5 Å². The number of anilines is 1. The van der Waals surface area contributed by atoms with Crippen LogP contribution in [0, 0.1) is 0 Å².